The van der Waals surface area contributed by atoms with Gasteiger partial charge in [0.1, 0.15) is 17.8 Å². The van der Waals surface area contributed by atoms with Gasteiger partial charge in [-0.2, -0.15) is 0 Å². The van der Waals surface area contributed by atoms with E-state index in [-0.39, 0.29) is 18.4 Å². The smallest absolute Gasteiger partial charge is 0.234 e. The molecule has 120 valence electrons. The highest BCUT2D eigenvalue weighted by Crippen LogP contribution is 2.28. The minimum absolute atomic E-state index is 0.0345. The summed E-state index contributed by atoms with van der Waals surface area (Å²) < 4.78 is 0. The van der Waals surface area contributed by atoms with Crippen molar-refractivity contribution in [2.45, 2.75) is 25.8 Å². The van der Waals surface area contributed by atoms with Gasteiger partial charge in [-0.3, -0.25) is 4.79 Å². The van der Waals surface area contributed by atoms with E-state index in [4.69, 9.17) is 6.42 Å². The van der Waals surface area contributed by atoms with Gasteiger partial charge < -0.3 is 14.8 Å². The summed E-state index contributed by atoms with van der Waals surface area (Å²) in [4.78, 5) is 27.9. The van der Waals surface area contributed by atoms with Crippen LogP contribution in [0.1, 0.15) is 19.8 Å². The van der Waals surface area contributed by atoms with Gasteiger partial charge in [0.2, 0.25) is 5.91 Å². The predicted octanol–water partition coefficient (Wildman–Crippen LogP) is 1.65. The van der Waals surface area contributed by atoms with E-state index in [1.165, 1.54) is 0 Å². The molecule has 1 aliphatic rings. The third-order valence-corrected chi connectivity index (χ3v) is 4.69. The number of H-pyrrole nitrogens is 1. The second kappa shape index (κ2) is 6.29. The first-order valence-corrected chi connectivity index (χ1v) is 7.84. The largest absolute Gasteiger partial charge is 0.354 e. The number of hydrogen-bond donors (Lipinski definition) is 1. The van der Waals surface area contributed by atoms with Crippen molar-refractivity contribution in [3.8, 4) is 12.3 Å². The predicted molar refractivity (Wildman–Crippen MR) is 89.9 cm³/mol. The van der Waals surface area contributed by atoms with Crippen molar-refractivity contribution in [3.05, 3.63) is 18.6 Å². The van der Waals surface area contributed by atoms with Crippen LogP contribution in [0.3, 0.4) is 0 Å². The highest BCUT2D eigenvalue weighted by atomic mass is 16.2. The molecule has 1 aliphatic heterocycles. The molecule has 2 atom stereocenters. The van der Waals surface area contributed by atoms with Gasteiger partial charge in [-0.05, 0) is 18.4 Å². The maximum Gasteiger partial charge on any atom is 0.234 e. The van der Waals surface area contributed by atoms with Crippen molar-refractivity contribution in [1.29, 1.82) is 0 Å². The number of rotatable bonds is 3. The Bertz CT molecular complexity index is 747. The first kappa shape index (κ1) is 15.3. The number of likely N-dealkylation sites (tertiary alicyclic amines) is 1. The number of amides is 1. The lowest BCUT2D eigenvalue weighted by Gasteiger charge is -2.42. The molecule has 0 saturated carbocycles. The van der Waals surface area contributed by atoms with Crippen LogP contribution in [-0.4, -0.2) is 51.9 Å². The van der Waals surface area contributed by atoms with E-state index in [1.54, 1.807) is 6.33 Å². The summed E-state index contributed by atoms with van der Waals surface area (Å²) in [5.74, 6) is 3.84. The lowest BCUT2D eigenvalue weighted by molar-refractivity contribution is -0.131. The zero-order valence-electron chi connectivity index (χ0n) is 13.5. The third-order valence-electron chi connectivity index (χ3n) is 4.69. The molecule has 1 N–H and O–H groups in total. The molecule has 0 aromatic carbocycles. The average molecular weight is 311 g/mol. The first-order chi connectivity index (χ1) is 11.1. The number of terminal acetylenes is 1. The number of anilines is 1. The standard InChI is InChI=1S/C17H21N5O/c1-4-5-15(23)22-9-7-12(2)14(10-22)21(3)17-13-6-8-18-16(13)19-11-20-17/h1,6,8,11-12,14H,5,7,9-10H2,2-3H3,(H,18,19,20)/t12-,14-/m1/s1. The van der Waals surface area contributed by atoms with Gasteiger partial charge in [0, 0.05) is 26.3 Å². The Kier molecular flexibility index (Phi) is 4.20. The van der Waals surface area contributed by atoms with E-state index < -0.39 is 0 Å². The molecule has 0 spiro atoms. The molecule has 3 rings (SSSR count). The van der Waals surface area contributed by atoms with Gasteiger partial charge in [-0.25, -0.2) is 9.97 Å². The number of fused-ring (bicyclic) bond motifs is 1. The minimum Gasteiger partial charge on any atom is -0.354 e. The van der Waals surface area contributed by atoms with E-state index in [9.17, 15) is 4.79 Å². The van der Waals surface area contributed by atoms with Crippen molar-refractivity contribution in [2.75, 3.05) is 25.0 Å². The Balaban J connectivity index is 1.85. The quantitative estimate of drug-likeness (QED) is 0.876. The molecule has 0 radical (unpaired) electrons. The summed E-state index contributed by atoms with van der Waals surface area (Å²) in [7, 11) is 2.03. The summed E-state index contributed by atoms with van der Waals surface area (Å²) in [6.45, 7) is 3.67. The van der Waals surface area contributed by atoms with E-state index in [0.717, 1.165) is 29.8 Å². The Labute approximate surface area is 135 Å². The van der Waals surface area contributed by atoms with Crippen LogP contribution in [0.4, 0.5) is 5.82 Å². The van der Waals surface area contributed by atoms with Crippen molar-refractivity contribution >= 4 is 22.8 Å². The molecule has 1 fully saturated rings. The van der Waals surface area contributed by atoms with Gasteiger partial charge in [-0.15, -0.1) is 6.42 Å². The summed E-state index contributed by atoms with van der Waals surface area (Å²) in [5.41, 5.74) is 0.825. The van der Waals surface area contributed by atoms with Crippen LogP contribution in [0.25, 0.3) is 11.0 Å². The summed E-state index contributed by atoms with van der Waals surface area (Å²) in [6.07, 6.45) is 9.84. The van der Waals surface area contributed by atoms with Crippen LogP contribution in [0, 0.1) is 18.3 Å². The number of likely N-dealkylation sites (N-methyl/N-ethyl adjacent to an activating group) is 1. The zero-order valence-corrected chi connectivity index (χ0v) is 13.5. The van der Waals surface area contributed by atoms with E-state index in [1.807, 2.05) is 24.2 Å². The van der Waals surface area contributed by atoms with Gasteiger partial charge in [0.25, 0.3) is 0 Å². The molecule has 3 heterocycles. The van der Waals surface area contributed by atoms with Crippen LogP contribution >= 0.6 is 0 Å². The number of carbonyl (C=O) groups excluding carboxylic acids is 1. The van der Waals surface area contributed by atoms with Crippen molar-refractivity contribution in [3.63, 3.8) is 0 Å². The van der Waals surface area contributed by atoms with Gasteiger partial charge in [0.15, 0.2) is 0 Å². The first-order valence-electron chi connectivity index (χ1n) is 7.84. The van der Waals surface area contributed by atoms with E-state index in [0.29, 0.717) is 12.5 Å². The van der Waals surface area contributed by atoms with Crippen LogP contribution in [0.15, 0.2) is 18.6 Å². The van der Waals surface area contributed by atoms with Crippen molar-refractivity contribution in [1.82, 2.24) is 19.9 Å². The van der Waals surface area contributed by atoms with Crippen LogP contribution < -0.4 is 4.90 Å². The van der Waals surface area contributed by atoms with Crippen LogP contribution in [0.2, 0.25) is 0 Å². The summed E-state index contributed by atoms with van der Waals surface area (Å²) >= 11 is 0. The molecule has 23 heavy (non-hydrogen) atoms. The molecular formula is C17H21N5O. The second-order valence-electron chi connectivity index (χ2n) is 6.10. The van der Waals surface area contributed by atoms with E-state index >= 15 is 0 Å². The Morgan fingerprint density at radius 3 is 3.17 bits per heavy atom. The zero-order chi connectivity index (χ0) is 16.4. The number of piperidine rings is 1. The average Bonchev–Trinajstić information content (AvgIpc) is 3.03. The maximum atomic E-state index is 12.1. The lowest BCUT2D eigenvalue weighted by atomic mass is 9.92. The fraction of sp³-hybridized carbons (Fsp3) is 0.471. The number of hydrogen-bond acceptors (Lipinski definition) is 4. The fourth-order valence-corrected chi connectivity index (χ4v) is 3.28. The molecule has 1 amide bonds. The normalized spacial score (nSPS) is 21.2. The summed E-state index contributed by atoms with van der Waals surface area (Å²) in [6, 6.07) is 2.19. The van der Waals surface area contributed by atoms with E-state index in [2.05, 4.69) is 32.7 Å². The molecule has 6 nitrogen and oxygen atoms in total. The van der Waals surface area contributed by atoms with Gasteiger partial charge in [-0.1, -0.05) is 12.8 Å². The Hall–Kier alpha value is -2.55. The number of aromatic nitrogens is 3. The molecule has 2 aromatic heterocycles. The molecule has 1 saturated heterocycles. The SMILES string of the molecule is C#CCC(=O)N1CC[C@@H](C)[C@H](N(C)c2ncnc3[nH]ccc23)C1. The number of nitrogens with zero attached hydrogens (tertiary/aromatic N) is 4. The van der Waals surface area contributed by atoms with Gasteiger partial charge in [0.05, 0.1) is 17.8 Å². The van der Waals surface area contributed by atoms with Gasteiger partial charge >= 0.3 is 0 Å². The molecular weight excluding hydrogens is 290 g/mol. The van der Waals surface area contributed by atoms with Crippen LogP contribution in [-0.2, 0) is 4.79 Å². The number of aromatic amines is 1. The Morgan fingerprint density at radius 2 is 2.39 bits per heavy atom. The summed E-state index contributed by atoms with van der Waals surface area (Å²) in [5, 5.41) is 0.995. The third kappa shape index (κ3) is 2.87. The van der Waals surface area contributed by atoms with Crippen molar-refractivity contribution in [2.24, 2.45) is 5.92 Å². The van der Waals surface area contributed by atoms with Crippen molar-refractivity contribution < 1.29 is 4.79 Å². The lowest BCUT2D eigenvalue weighted by Crippen LogP contribution is -2.52. The monoisotopic (exact) mass is 311 g/mol. The maximum absolute atomic E-state index is 12.1. The molecule has 0 unspecified atom stereocenters. The number of nitrogens with one attached hydrogen (secondary N) is 1. The topological polar surface area (TPSA) is 65.1 Å². The fourth-order valence-electron chi connectivity index (χ4n) is 3.28. The molecule has 0 bridgehead atoms. The second-order valence-corrected chi connectivity index (χ2v) is 6.10. The highest BCUT2D eigenvalue weighted by Gasteiger charge is 2.32. The minimum atomic E-state index is 0.0345. The molecule has 2 aromatic rings. The highest BCUT2D eigenvalue weighted by molar-refractivity contribution is 5.87. The molecule has 6 heteroatoms. The molecule has 0 aliphatic carbocycles. The number of carbonyl (C=O) groups is 1. The Morgan fingerprint density at radius 1 is 1.57 bits per heavy atom. The van der Waals surface area contributed by atoms with Crippen LogP contribution in [0.5, 0.6) is 0 Å².